The molecule has 126 valence electrons. The lowest BCUT2D eigenvalue weighted by Crippen LogP contribution is -2.09. The Kier molecular flexibility index (Phi) is 6.45. The van der Waals surface area contributed by atoms with E-state index in [-0.39, 0.29) is 17.4 Å². The van der Waals surface area contributed by atoms with E-state index in [1.165, 1.54) is 41.7 Å². The molecule has 0 aliphatic rings. The fraction of sp³-hybridized carbons (Fsp3) is 0.188. The maximum absolute atomic E-state index is 13.1. The lowest BCUT2D eigenvalue weighted by molar-refractivity contribution is -0.142. The van der Waals surface area contributed by atoms with Crippen LogP contribution in [-0.4, -0.2) is 23.5 Å². The number of ether oxygens (including phenoxy) is 1. The smallest absolute Gasteiger partial charge is 0.311 e. The topological polar surface area (TPSA) is 68.3 Å². The van der Waals surface area contributed by atoms with E-state index in [9.17, 15) is 14.0 Å². The number of benzene rings is 1. The molecule has 0 saturated heterocycles. The Morgan fingerprint density at radius 3 is 2.96 bits per heavy atom. The van der Waals surface area contributed by atoms with Crippen molar-refractivity contribution in [1.29, 1.82) is 0 Å². The van der Waals surface area contributed by atoms with Crippen molar-refractivity contribution in [2.75, 3.05) is 11.9 Å². The van der Waals surface area contributed by atoms with Crippen LogP contribution in [0.2, 0.25) is 5.02 Å². The number of esters is 1. The van der Waals surface area contributed by atoms with E-state index in [0.29, 0.717) is 23.0 Å². The maximum Gasteiger partial charge on any atom is 0.311 e. The molecule has 0 aliphatic heterocycles. The highest BCUT2D eigenvalue weighted by Gasteiger charge is 2.09. The Hall–Kier alpha value is -2.25. The van der Waals surface area contributed by atoms with Gasteiger partial charge in [-0.2, -0.15) is 0 Å². The van der Waals surface area contributed by atoms with Crippen LogP contribution >= 0.6 is 22.9 Å². The zero-order chi connectivity index (χ0) is 17.5. The number of nitrogens with zero attached hydrogens (tertiary/aromatic N) is 1. The first kappa shape index (κ1) is 18.1. The van der Waals surface area contributed by atoms with Gasteiger partial charge in [-0.3, -0.25) is 14.9 Å². The first-order valence-electron chi connectivity index (χ1n) is 7.02. The van der Waals surface area contributed by atoms with Gasteiger partial charge in [0.15, 0.2) is 5.13 Å². The van der Waals surface area contributed by atoms with Crippen LogP contribution < -0.4 is 5.32 Å². The van der Waals surface area contributed by atoms with Gasteiger partial charge in [0.2, 0.25) is 5.91 Å². The summed E-state index contributed by atoms with van der Waals surface area (Å²) < 4.78 is 17.9. The zero-order valence-electron chi connectivity index (χ0n) is 12.7. The van der Waals surface area contributed by atoms with Gasteiger partial charge in [0.1, 0.15) is 5.82 Å². The van der Waals surface area contributed by atoms with Crippen LogP contribution in [0.25, 0.3) is 6.08 Å². The molecule has 1 heterocycles. The number of anilines is 1. The molecule has 0 unspecified atom stereocenters. The van der Waals surface area contributed by atoms with E-state index < -0.39 is 11.7 Å². The molecule has 24 heavy (non-hydrogen) atoms. The third-order valence-corrected chi connectivity index (χ3v) is 3.88. The Labute approximate surface area is 147 Å². The molecule has 0 atom stereocenters. The van der Waals surface area contributed by atoms with Crippen LogP contribution in [0.4, 0.5) is 9.52 Å². The van der Waals surface area contributed by atoms with Crippen molar-refractivity contribution in [3.63, 3.8) is 0 Å². The molecule has 0 saturated carbocycles. The summed E-state index contributed by atoms with van der Waals surface area (Å²) in [7, 11) is 0. The van der Waals surface area contributed by atoms with Crippen LogP contribution in [0.3, 0.4) is 0 Å². The molecule has 2 aromatic rings. The van der Waals surface area contributed by atoms with E-state index in [2.05, 4.69) is 10.3 Å². The number of aromatic nitrogens is 1. The van der Waals surface area contributed by atoms with Crippen molar-refractivity contribution < 1.29 is 18.7 Å². The van der Waals surface area contributed by atoms with Gasteiger partial charge in [-0.1, -0.05) is 17.7 Å². The fourth-order valence-corrected chi connectivity index (χ4v) is 2.64. The van der Waals surface area contributed by atoms with Gasteiger partial charge < -0.3 is 4.74 Å². The van der Waals surface area contributed by atoms with Crippen LogP contribution in [0.1, 0.15) is 18.2 Å². The van der Waals surface area contributed by atoms with Crippen molar-refractivity contribution in [2.45, 2.75) is 13.3 Å². The summed E-state index contributed by atoms with van der Waals surface area (Å²) in [5.74, 6) is -1.28. The quantitative estimate of drug-likeness (QED) is 0.623. The number of thiazole rings is 1. The average Bonchev–Trinajstić information content (AvgIpc) is 2.95. The van der Waals surface area contributed by atoms with E-state index in [4.69, 9.17) is 16.3 Å². The molecule has 1 aromatic heterocycles. The van der Waals surface area contributed by atoms with Gasteiger partial charge in [0.25, 0.3) is 0 Å². The average molecular weight is 369 g/mol. The summed E-state index contributed by atoms with van der Waals surface area (Å²) >= 11 is 6.88. The minimum Gasteiger partial charge on any atom is -0.466 e. The Balaban J connectivity index is 1.92. The second-order valence-electron chi connectivity index (χ2n) is 4.62. The van der Waals surface area contributed by atoms with Crippen LogP contribution in [0, 0.1) is 5.82 Å². The van der Waals surface area contributed by atoms with Crippen molar-refractivity contribution in [3.05, 3.63) is 51.8 Å². The number of hydrogen-bond acceptors (Lipinski definition) is 5. The lowest BCUT2D eigenvalue weighted by atomic mass is 10.2. The van der Waals surface area contributed by atoms with Crippen molar-refractivity contribution in [2.24, 2.45) is 0 Å². The molecule has 0 radical (unpaired) electrons. The molecule has 0 fully saturated rings. The maximum atomic E-state index is 13.1. The monoisotopic (exact) mass is 368 g/mol. The summed E-state index contributed by atoms with van der Waals surface area (Å²) in [5.41, 5.74) is 1.13. The molecule has 1 aromatic carbocycles. The number of carbonyl (C=O) groups excluding carboxylic acids is 2. The normalized spacial score (nSPS) is 10.8. The molecule has 1 amide bonds. The first-order valence-corrected chi connectivity index (χ1v) is 8.28. The standard InChI is InChI=1S/C16H14ClFN2O3S/c1-2-23-15(22)8-11-9-24-16(19-11)20-14(21)6-4-10-3-5-13(18)12(17)7-10/h3-7,9H,2,8H2,1H3,(H,19,20,21)/b6-4+. The number of amides is 1. The zero-order valence-corrected chi connectivity index (χ0v) is 14.3. The Bertz CT molecular complexity index is 776. The van der Waals surface area contributed by atoms with Gasteiger partial charge in [-0.05, 0) is 30.7 Å². The summed E-state index contributed by atoms with van der Waals surface area (Å²) in [6.07, 6.45) is 2.86. The molecule has 0 spiro atoms. The number of nitrogens with one attached hydrogen (secondary N) is 1. The van der Waals surface area contributed by atoms with Crippen molar-refractivity contribution in [3.8, 4) is 0 Å². The largest absolute Gasteiger partial charge is 0.466 e. The lowest BCUT2D eigenvalue weighted by Gasteiger charge is -1.99. The number of rotatable bonds is 6. The number of halogens is 2. The second-order valence-corrected chi connectivity index (χ2v) is 5.89. The molecule has 5 nitrogen and oxygen atoms in total. The minimum absolute atomic E-state index is 0.0129. The summed E-state index contributed by atoms with van der Waals surface area (Å²) in [5, 5.41) is 4.63. The molecule has 0 bridgehead atoms. The first-order chi connectivity index (χ1) is 11.5. The van der Waals surface area contributed by atoms with Gasteiger partial charge in [-0.15, -0.1) is 11.3 Å². The van der Waals surface area contributed by atoms with Crippen LogP contribution in [0.5, 0.6) is 0 Å². The summed E-state index contributed by atoms with van der Waals surface area (Å²) in [6.45, 7) is 2.04. The van der Waals surface area contributed by atoms with Gasteiger partial charge in [-0.25, -0.2) is 9.37 Å². The highest BCUT2D eigenvalue weighted by atomic mass is 35.5. The SMILES string of the molecule is CCOC(=O)Cc1csc(NC(=O)/C=C/c2ccc(F)c(Cl)c2)n1. The highest BCUT2D eigenvalue weighted by Crippen LogP contribution is 2.18. The summed E-state index contributed by atoms with van der Waals surface area (Å²) in [6, 6.07) is 4.15. The van der Waals surface area contributed by atoms with Crippen molar-refractivity contribution in [1.82, 2.24) is 4.98 Å². The van der Waals surface area contributed by atoms with E-state index in [1.807, 2.05) is 0 Å². The predicted octanol–water partition coefficient (Wildman–Crippen LogP) is 3.69. The molecular weight excluding hydrogens is 355 g/mol. The molecule has 0 aliphatic carbocycles. The number of carbonyl (C=O) groups is 2. The fourth-order valence-electron chi connectivity index (χ4n) is 1.74. The van der Waals surface area contributed by atoms with Gasteiger partial charge in [0, 0.05) is 11.5 Å². The molecule has 8 heteroatoms. The van der Waals surface area contributed by atoms with Crippen LogP contribution in [0.15, 0.2) is 29.7 Å². The highest BCUT2D eigenvalue weighted by molar-refractivity contribution is 7.14. The van der Waals surface area contributed by atoms with Crippen LogP contribution in [-0.2, 0) is 20.7 Å². The molecule has 1 N–H and O–H groups in total. The third-order valence-electron chi connectivity index (χ3n) is 2.78. The predicted molar refractivity (Wildman–Crippen MR) is 91.5 cm³/mol. The van der Waals surface area contributed by atoms with E-state index in [1.54, 1.807) is 12.3 Å². The van der Waals surface area contributed by atoms with Crippen molar-refractivity contribution >= 4 is 46.0 Å². The molecular formula is C16H14ClFN2O3S. The third kappa shape index (κ3) is 5.43. The van der Waals surface area contributed by atoms with E-state index in [0.717, 1.165) is 0 Å². The summed E-state index contributed by atoms with van der Waals surface area (Å²) in [4.78, 5) is 27.3. The number of hydrogen-bond donors (Lipinski definition) is 1. The minimum atomic E-state index is -0.518. The Morgan fingerprint density at radius 1 is 1.46 bits per heavy atom. The van der Waals surface area contributed by atoms with E-state index >= 15 is 0 Å². The second kappa shape index (κ2) is 8.56. The molecule has 2 rings (SSSR count). The van der Waals surface area contributed by atoms with Gasteiger partial charge in [0.05, 0.1) is 23.7 Å². The Morgan fingerprint density at radius 2 is 2.25 bits per heavy atom. The van der Waals surface area contributed by atoms with Gasteiger partial charge >= 0.3 is 5.97 Å².